The molecule has 1 aliphatic carbocycles. The highest BCUT2D eigenvalue weighted by Gasteiger charge is 2.56. The molecule has 2 aliphatic rings. The van der Waals surface area contributed by atoms with E-state index >= 15 is 0 Å². The summed E-state index contributed by atoms with van der Waals surface area (Å²) in [6, 6.07) is 10.0. The Morgan fingerprint density at radius 1 is 1.10 bits per heavy atom. The fraction of sp³-hybridized carbons (Fsp3) is 0.500. The summed E-state index contributed by atoms with van der Waals surface area (Å²) in [7, 11) is 0. The van der Waals surface area contributed by atoms with E-state index in [0.717, 1.165) is 24.9 Å². The first-order valence-corrected chi connectivity index (χ1v) is 10.3. The Morgan fingerprint density at radius 3 is 2.52 bits per heavy atom. The first-order chi connectivity index (χ1) is 13.8. The van der Waals surface area contributed by atoms with Crippen LogP contribution in [0.5, 0.6) is 5.75 Å². The Morgan fingerprint density at radius 2 is 1.79 bits per heavy atom. The lowest BCUT2D eigenvalue weighted by Gasteiger charge is -2.61. The van der Waals surface area contributed by atoms with Crippen LogP contribution < -0.4 is 0 Å². The third kappa shape index (κ3) is 3.24. The minimum atomic E-state index is -0.570. The van der Waals surface area contributed by atoms with Gasteiger partial charge < -0.3 is 9.84 Å². The largest absolute Gasteiger partial charge is 0.508 e. The van der Waals surface area contributed by atoms with Gasteiger partial charge in [-0.3, -0.25) is 4.90 Å². The van der Waals surface area contributed by atoms with Crippen molar-refractivity contribution in [1.29, 1.82) is 0 Å². The highest BCUT2D eigenvalue weighted by atomic mass is 19.1. The van der Waals surface area contributed by atoms with Crippen LogP contribution in [0.1, 0.15) is 43.9 Å². The monoisotopic (exact) mass is 401 g/mol. The van der Waals surface area contributed by atoms with Gasteiger partial charge >= 0.3 is 0 Å². The number of hydrogen-bond donors (Lipinski definition) is 1. The van der Waals surface area contributed by atoms with E-state index < -0.39 is 11.6 Å². The van der Waals surface area contributed by atoms with Crippen molar-refractivity contribution in [2.45, 2.75) is 51.7 Å². The molecule has 156 valence electrons. The second kappa shape index (κ2) is 7.37. The third-order valence-electron chi connectivity index (χ3n) is 7.57. The van der Waals surface area contributed by atoms with Gasteiger partial charge in [-0.2, -0.15) is 0 Å². The standard InChI is InChI=1S/C24H29F2NO2/c1-23(2)22-14-16-18(6-4-9-21(16)28)24(23,3)10-11-27(22)12-13-29-15-17-19(25)7-5-8-20(17)26/h4-9,22,28H,10-15H2,1-3H3/t22-,24+/m1/s1. The average molecular weight is 401 g/mol. The topological polar surface area (TPSA) is 32.7 Å². The summed E-state index contributed by atoms with van der Waals surface area (Å²) < 4.78 is 33.2. The molecular weight excluding hydrogens is 372 g/mol. The van der Waals surface area contributed by atoms with Crippen molar-refractivity contribution in [1.82, 2.24) is 4.90 Å². The second-order valence-electron chi connectivity index (χ2n) is 9.12. The predicted molar refractivity (Wildman–Crippen MR) is 109 cm³/mol. The van der Waals surface area contributed by atoms with Gasteiger partial charge in [0, 0.05) is 23.6 Å². The van der Waals surface area contributed by atoms with E-state index in [4.69, 9.17) is 4.74 Å². The molecule has 1 N–H and O–H groups in total. The summed E-state index contributed by atoms with van der Waals surface area (Å²) in [5, 5.41) is 10.5. The van der Waals surface area contributed by atoms with Gasteiger partial charge in [0.05, 0.1) is 13.2 Å². The maximum absolute atomic E-state index is 13.8. The Hall–Kier alpha value is -1.98. The van der Waals surface area contributed by atoms with Crippen molar-refractivity contribution in [3.05, 3.63) is 64.7 Å². The summed E-state index contributed by atoms with van der Waals surface area (Å²) >= 11 is 0. The van der Waals surface area contributed by atoms with Gasteiger partial charge in [-0.15, -0.1) is 0 Å². The van der Waals surface area contributed by atoms with E-state index in [2.05, 4.69) is 31.7 Å². The van der Waals surface area contributed by atoms with Crippen molar-refractivity contribution in [3.8, 4) is 5.75 Å². The molecule has 5 heteroatoms. The number of ether oxygens (including phenoxy) is 1. The van der Waals surface area contributed by atoms with Crippen molar-refractivity contribution in [2.75, 3.05) is 19.7 Å². The van der Waals surface area contributed by atoms with Crippen LogP contribution in [0, 0.1) is 17.0 Å². The number of halogens is 2. The van der Waals surface area contributed by atoms with Gasteiger partial charge in [-0.25, -0.2) is 8.78 Å². The molecule has 1 aliphatic heterocycles. The van der Waals surface area contributed by atoms with Crippen LogP contribution in [0.2, 0.25) is 0 Å². The number of rotatable bonds is 5. The molecule has 2 aromatic rings. The maximum Gasteiger partial charge on any atom is 0.131 e. The van der Waals surface area contributed by atoms with Crippen molar-refractivity contribution in [2.24, 2.45) is 5.41 Å². The number of phenolic OH excluding ortho intramolecular Hbond substituents is 1. The van der Waals surface area contributed by atoms with E-state index in [9.17, 15) is 13.9 Å². The molecule has 29 heavy (non-hydrogen) atoms. The normalized spacial score (nSPS) is 25.6. The van der Waals surface area contributed by atoms with Crippen molar-refractivity contribution in [3.63, 3.8) is 0 Å². The Kier molecular flexibility index (Phi) is 5.16. The number of benzene rings is 2. The van der Waals surface area contributed by atoms with E-state index in [1.807, 2.05) is 6.07 Å². The van der Waals surface area contributed by atoms with E-state index in [1.54, 1.807) is 6.07 Å². The van der Waals surface area contributed by atoms with Crippen LogP contribution in [0.25, 0.3) is 0 Å². The van der Waals surface area contributed by atoms with Crippen LogP contribution in [-0.4, -0.2) is 35.7 Å². The minimum absolute atomic E-state index is 0.00234. The number of fused-ring (bicyclic) bond motifs is 4. The Balaban J connectivity index is 1.47. The lowest BCUT2D eigenvalue weighted by Crippen LogP contribution is -2.64. The zero-order valence-corrected chi connectivity index (χ0v) is 17.3. The Labute approximate surface area is 171 Å². The minimum Gasteiger partial charge on any atom is -0.508 e. The molecule has 0 amide bonds. The first-order valence-electron chi connectivity index (χ1n) is 10.3. The molecule has 0 spiro atoms. The summed E-state index contributed by atoms with van der Waals surface area (Å²) in [4.78, 5) is 2.41. The van der Waals surface area contributed by atoms with E-state index in [-0.39, 0.29) is 29.0 Å². The molecule has 1 fully saturated rings. The fourth-order valence-electron chi connectivity index (χ4n) is 5.33. The summed E-state index contributed by atoms with van der Waals surface area (Å²) in [5.41, 5.74) is 2.33. The summed E-state index contributed by atoms with van der Waals surface area (Å²) in [6.07, 6.45) is 1.79. The van der Waals surface area contributed by atoms with Crippen molar-refractivity contribution >= 4 is 0 Å². The van der Waals surface area contributed by atoms with Crippen molar-refractivity contribution < 1.29 is 18.6 Å². The van der Waals surface area contributed by atoms with Gasteiger partial charge in [0.2, 0.25) is 0 Å². The number of aromatic hydroxyl groups is 1. The molecule has 0 saturated carbocycles. The fourth-order valence-corrected chi connectivity index (χ4v) is 5.33. The third-order valence-corrected chi connectivity index (χ3v) is 7.57. The molecule has 3 nitrogen and oxygen atoms in total. The molecule has 4 rings (SSSR count). The summed E-state index contributed by atoms with van der Waals surface area (Å²) in [6.45, 7) is 8.91. The van der Waals surface area contributed by atoms with Gasteiger partial charge in [-0.1, -0.05) is 39.0 Å². The summed E-state index contributed by atoms with van der Waals surface area (Å²) in [5.74, 6) is -0.763. The quantitative estimate of drug-likeness (QED) is 0.731. The number of nitrogens with zero attached hydrogens (tertiary/aromatic N) is 1. The molecule has 2 aromatic carbocycles. The highest BCUT2D eigenvalue weighted by molar-refractivity contribution is 5.48. The van der Waals surface area contributed by atoms with Gasteiger partial charge in [-0.05, 0) is 54.1 Å². The van der Waals surface area contributed by atoms with E-state index in [0.29, 0.717) is 18.9 Å². The molecule has 0 radical (unpaired) electrons. The first kappa shape index (κ1) is 20.3. The smallest absolute Gasteiger partial charge is 0.131 e. The number of phenols is 1. The SMILES string of the molecule is CC1(C)[C@H]2Cc3c(O)cccc3[C@]1(C)CCN2CCOCc1c(F)cccc1F. The zero-order chi connectivity index (χ0) is 20.8. The number of piperidine rings is 1. The molecule has 0 aromatic heterocycles. The van der Waals surface area contributed by atoms with Crippen LogP contribution in [0.15, 0.2) is 36.4 Å². The van der Waals surface area contributed by atoms with E-state index in [1.165, 1.54) is 23.8 Å². The second-order valence-corrected chi connectivity index (χ2v) is 9.12. The van der Waals surface area contributed by atoms with Crippen LogP contribution in [-0.2, 0) is 23.2 Å². The predicted octanol–water partition coefficient (Wildman–Crippen LogP) is 4.80. The molecular formula is C24H29F2NO2. The van der Waals surface area contributed by atoms with Gasteiger partial charge in [0.1, 0.15) is 17.4 Å². The molecule has 2 atom stereocenters. The number of likely N-dealkylation sites (tertiary alicyclic amines) is 1. The van der Waals surface area contributed by atoms with Crippen LogP contribution >= 0.6 is 0 Å². The molecule has 2 bridgehead atoms. The van der Waals surface area contributed by atoms with Gasteiger partial charge in [0.25, 0.3) is 0 Å². The number of hydrogen-bond acceptors (Lipinski definition) is 3. The molecule has 1 heterocycles. The molecule has 0 unspecified atom stereocenters. The van der Waals surface area contributed by atoms with Crippen LogP contribution in [0.4, 0.5) is 8.78 Å². The average Bonchev–Trinajstić information content (AvgIpc) is 2.66. The highest BCUT2D eigenvalue weighted by Crippen LogP contribution is 2.57. The molecule has 1 saturated heterocycles. The maximum atomic E-state index is 13.8. The zero-order valence-electron chi connectivity index (χ0n) is 17.3. The lowest BCUT2D eigenvalue weighted by molar-refractivity contribution is -0.0498. The van der Waals surface area contributed by atoms with Gasteiger partial charge in [0.15, 0.2) is 0 Å². The van der Waals surface area contributed by atoms with Crippen LogP contribution in [0.3, 0.4) is 0 Å². The lowest BCUT2D eigenvalue weighted by atomic mass is 9.51. The Bertz CT molecular complexity index is 893.